The molecule has 2 nitrogen and oxygen atoms in total. The van der Waals surface area contributed by atoms with E-state index in [1.54, 1.807) is 0 Å². The molecule has 0 amide bonds. The van der Waals surface area contributed by atoms with Crippen molar-refractivity contribution in [3.63, 3.8) is 0 Å². The van der Waals surface area contributed by atoms with E-state index in [0.29, 0.717) is 5.78 Å². The fourth-order valence-corrected chi connectivity index (χ4v) is 4.90. The third kappa shape index (κ3) is 3.73. The van der Waals surface area contributed by atoms with Crippen molar-refractivity contribution in [2.75, 3.05) is 0 Å². The molecule has 2 unspecified atom stereocenters. The summed E-state index contributed by atoms with van der Waals surface area (Å²) >= 11 is 0. The van der Waals surface area contributed by atoms with Gasteiger partial charge < -0.3 is 0 Å². The van der Waals surface area contributed by atoms with Gasteiger partial charge in [-0.15, -0.1) is 0 Å². The molecule has 0 saturated heterocycles. The Kier molecular flexibility index (Phi) is 4.72. The highest BCUT2D eigenvalue weighted by Crippen LogP contribution is 2.42. The minimum Gasteiger partial charge on any atom is -0.294 e. The fraction of sp³-hybridized carbons (Fsp3) is 0.385. The first-order valence-corrected chi connectivity index (χ1v) is 10.8. The lowest BCUT2D eigenvalue weighted by Crippen LogP contribution is -2.23. The molecule has 0 bridgehead atoms. The Labute approximate surface area is 167 Å². The van der Waals surface area contributed by atoms with Crippen LogP contribution in [0, 0.1) is 17.8 Å². The molecule has 142 valence electrons. The maximum Gasteiger partial charge on any atom is 0.165 e. The van der Waals surface area contributed by atoms with Crippen molar-refractivity contribution in [1.29, 1.82) is 0 Å². The summed E-state index contributed by atoms with van der Waals surface area (Å²) in [6, 6.07) is 18.6. The molecule has 1 heterocycles. The molecular formula is C26H27NO. The van der Waals surface area contributed by atoms with Gasteiger partial charge in [-0.1, -0.05) is 56.0 Å². The number of Topliss-reactive ketones (excluding diaryl/α,β-unsaturated/α-hetero) is 1. The molecule has 2 aromatic carbocycles. The average Bonchev–Trinajstić information content (AvgIpc) is 3.57. The van der Waals surface area contributed by atoms with E-state index in [1.807, 2.05) is 30.5 Å². The van der Waals surface area contributed by atoms with Gasteiger partial charge in [0.05, 0.1) is 5.69 Å². The lowest BCUT2D eigenvalue weighted by molar-refractivity contribution is 0.0858. The molecule has 1 aromatic heterocycles. The van der Waals surface area contributed by atoms with E-state index in [4.69, 9.17) is 0 Å². The third-order valence-corrected chi connectivity index (χ3v) is 6.60. The van der Waals surface area contributed by atoms with Crippen LogP contribution in [-0.2, 0) is 0 Å². The number of hydrogen-bond donors (Lipinski definition) is 0. The Bertz CT molecular complexity index is 990. The van der Waals surface area contributed by atoms with Crippen molar-refractivity contribution >= 4 is 16.6 Å². The van der Waals surface area contributed by atoms with Crippen LogP contribution in [0.25, 0.3) is 22.0 Å². The molecule has 2 saturated carbocycles. The summed E-state index contributed by atoms with van der Waals surface area (Å²) in [6.45, 7) is 0. The number of rotatable bonds is 5. The minimum absolute atomic E-state index is 0.225. The van der Waals surface area contributed by atoms with Crippen LogP contribution in [0.5, 0.6) is 0 Å². The predicted molar refractivity (Wildman–Crippen MR) is 114 cm³/mol. The fourth-order valence-electron chi connectivity index (χ4n) is 4.90. The van der Waals surface area contributed by atoms with Gasteiger partial charge in [0.15, 0.2) is 5.78 Å². The standard InChI is InChI=1S/C26H27NO/c28-26(23-5-3-4-19(15-23)14-18-7-8-18)24-12-10-20-16-22(11-9-21(20)17-24)25-6-1-2-13-27-25/h1-2,6,9-13,16-19,23H,3-5,7-8,14-15H2. The molecule has 0 aliphatic heterocycles. The normalized spacial score (nSPS) is 22.3. The van der Waals surface area contributed by atoms with Crippen LogP contribution in [-0.4, -0.2) is 10.8 Å². The first kappa shape index (κ1) is 17.6. The average molecular weight is 370 g/mol. The summed E-state index contributed by atoms with van der Waals surface area (Å²) < 4.78 is 0. The minimum atomic E-state index is 0.225. The smallest absolute Gasteiger partial charge is 0.165 e. The summed E-state index contributed by atoms with van der Waals surface area (Å²) in [5.41, 5.74) is 2.98. The van der Waals surface area contributed by atoms with Gasteiger partial charge in [-0.05, 0) is 66.1 Å². The van der Waals surface area contributed by atoms with Crippen LogP contribution in [0.15, 0.2) is 60.8 Å². The number of aromatic nitrogens is 1. The number of ketones is 1. The predicted octanol–water partition coefficient (Wildman–Crippen LogP) is 6.69. The number of pyridine rings is 1. The van der Waals surface area contributed by atoms with E-state index in [-0.39, 0.29) is 5.92 Å². The van der Waals surface area contributed by atoms with Gasteiger partial charge in [0.1, 0.15) is 0 Å². The van der Waals surface area contributed by atoms with Crippen LogP contribution in [0.1, 0.15) is 55.3 Å². The largest absolute Gasteiger partial charge is 0.294 e. The van der Waals surface area contributed by atoms with E-state index >= 15 is 0 Å². The van der Waals surface area contributed by atoms with Crippen molar-refractivity contribution in [3.8, 4) is 11.3 Å². The van der Waals surface area contributed by atoms with Gasteiger partial charge in [0.2, 0.25) is 0 Å². The number of carbonyl (C=O) groups excluding carboxylic acids is 1. The molecule has 2 aliphatic carbocycles. The maximum atomic E-state index is 13.2. The van der Waals surface area contributed by atoms with Gasteiger partial charge in [-0.2, -0.15) is 0 Å². The number of carbonyl (C=O) groups is 1. The van der Waals surface area contributed by atoms with E-state index in [2.05, 4.69) is 35.3 Å². The zero-order valence-electron chi connectivity index (χ0n) is 16.3. The Morgan fingerprint density at radius 3 is 2.57 bits per heavy atom. The van der Waals surface area contributed by atoms with Gasteiger partial charge in [-0.3, -0.25) is 9.78 Å². The lowest BCUT2D eigenvalue weighted by Gasteiger charge is -2.28. The van der Waals surface area contributed by atoms with Gasteiger partial charge >= 0.3 is 0 Å². The summed E-state index contributed by atoms with van der Waals surface area (Å²) in [5.74, 6) is 2.32. The van der Waals surface area contributed by atoms with E-state index < -0.39 is 0 Å². The van der Waals surface area contributed by atoms with E-state index in [1.165, 1.54) is 32.1 Å². The van der Waals surface area contributed by atoms with E-state index in [9.17, 15) is 4.79 Å². The Hall–Kier alpha value is -2.48. The molecule has 28 heavy (non-hydrogen) atoms. The Balaban J connectivity index is 1.36. The molecule has 0 N–H and O–H groups in total. The number of hydrogen-bond acceptors (Lipinski definition) is 2. The zero-order chi connectivity index (χ0) is 18.9. The van der Waals surface area contributed by atoms with E-state index in [0.717, 1.165) is 52.3 Å². The highest BCUT2D eigenvalue weighted by molar-refractivity contribution is 6.01. The molecule has 2 atom stereocenters. The van der Waals surface area contributed by atoms with Crippen LogP contribution in [0.2, 0.25) is 0 Å². The van der Waals surface area contributed by atoms with Crippen LogP contribution < -0.4 is 0 Å². The SMILES string of the molecule is O=C(c1ccc2cc(-c3ccccn3)ccc2c1)C1CCCC(CC2CC2)C1. The quantitative estimate of drug-likeness (QED) is 0.469. The molecular weight excluding hydrogens is 342 g/mol. The second-order valence-electron chi connectivity index (χ2n) is 8.76. The van der Waals surface area contributed by atoms with Crippen molar-refractivity contribution in [1.82, 2.24) is 4.98 Å². The molecule has 5 rings (SSSR count). The summed E-state index contributed by atoms with van der Waals surface area (Å²) in [5, 5.41) is 2.30. The summed E-state index contributed by atoms with van der Waals surface area (Å²) in [7, 11) is 0. The first-order valence-electron chi connectivity index (χ1n) is 10.8. The maximum absolute atomic E-state index is 13.2. The van der Waals surface area contributed by atoms with Gasteiger partial charge in [0, 0.05) is 23.2 Å². The van der Waals surface area contributed by atoms with Crippen LogP contribution in [0.4, 0.5) is 0 Å². The highest BCUT2D eigenvalue weighted by Gasteiger charge is 2.32. The molecule has 2 heteroatoms. The van der Waals surface area contributed by atoms with Crippen molar-refractivity contribution < 1.29 is 4.79 Å². The second-order valence-corrected chi connectivity index (χ2v) is 8.76. The number of fused-ring (bicyclic) bond motifs is 1. The second kappa shape index (κ2) is 7.50. The lowest BCUT2D eigenvalue weighted by atomic mass is 9.76. The Morgan fingerprint density at radius 2 is 1.75 bits per heavy atom. The van der Waals surface area contributed by atoms with Gasteiger partial charge in [0.25, 0.3) is 0 Å². The van der Waals surface area contributed by atoms with Crippen molar-refractivity contribution in [2.24, 2.45) is 17.8 Å². The van der Waals surface area contributed by atoms with Crippen LogP contribution >= 0.6 is 0 Å². The molecule has 2 fully saturated rings. The summed E-state index contributed by atoms with van der Waals surface area (Å²) in [4.78, 5) is 17.6. The molecule has 2 aliphatic rings. The van der Waals surface area contributed by atoms with Gasteiger partial charge in [-0.25, -0.2) is 0 Å². The Morgan fingerprint density at radius 1 is 0.893 bits per heavy atom. The number of benzene rings is 2. The highest BCUT2D eigenvalue weighted by atomic mass is 16.1. The van der Waals surface area contributed by atoms with Crippen LogP contribution in [0.3, 0.4) is 0 Å². The molecule has 3 aromatic rings. The molecule has 0 radical (unpaired) electrons. The number of nitrogens with zero attached hydrogens (tertiary/aromatic N) is 1. The monoisotopic (exact) mass is 369 g/mol. The molecule has 0 spiro atoms. The summed E-state index contributed by atoms with van der Waals surface area (Å²) in [6.07, 6.45) is 10.7. The topological polar surface area (TPSA) is 30.0 Å². The third-order valence-electron chi connectivity index (χ3n) is 6.60. The van der Waals surface area contributed by atoms with Crippen molar-refractivity contribution in [3.05, 3.63) is 66.4 Å². The first-order chi connectivity index (χ1) is 13.8. The van der Waals surface area contributed by atoms with Crippen molar-refractivity contribution in [2.45, 2.75) is 44.9 Å². The zero-order valence-corrected chi connectivity index (χ0v) is 16.3.